The van der Waals surface area contributed by atoms with E-state index in [2.05, 4.69) is 32.1 Å². The van der Waals surface area contributed by atoms with E-state index in [-0.39, 0.29) is 48.8 Å². The van der Waals surface area contributed by atoms with Gasteiger partial charge in [0.15, 0.2) is 0 Å². The molecule has 0 bridgehead atoms. The summed E-state index contributed by atoms with van der Waals surface area (Å²) in [4.78, 5) is 23.9. The summed E-state index contributed by atoms with van der Waals surface area (Å²) < 4.78 is 11.3. The standard InChI is InChI=1S/C23H34O6/c1-13-8-16-5-4-14(2)19(7-6-18-11-17(25)12-22(27)28-18)23(16)20(9-13)29-21(26)10-15(3)24/h4-5,8,13-15,17-20,23-25H,6-7,9-12H2,1-3H3/t13-,14+,15+,17+,18+,19-,20-,23-/m0/s1. The van der Waals surface area contributed by atoms with Crippen LogP contribution in [0.25, 0.3) is 0 Å². The molecule has 0 spiro atoms. The highest BCUT2D eigenvalue weighted by atomic mass is 16.5. The molecule has 6 heteroatoms. The van der Waals surface area contributed by atoms with Crippen molar-refractivity contribution in [2.24, 2.45) is 23.7 Å². The first-order valence-corrected chi connectivity index (χ1v) is 10.9. The van der Waals surface area contributed by atoms with Crippen molar-refractivity contribution in [3.05, 3.63) is 23.8 Å². The molecule has 0 unspecified atom stereocenters. The summed E-state index contributed by atoms with van der Waals surface area (Å²) in [6.07, 6.45) is 7.69. The molecule has 0 radical (unpaired) electrons. The first kappa shape index (κ1) is 22.0. The van der Waals surface area contributed by atoms with Crippen molar-refractivity contribution >= 4 is 11.9 Å². The van der Waals surface area contributed by atoms with E-state index in [9.17, 15) is 19.8 Å². The maximum atomic E-state index is 12.3. The van der Waals surface area contributed by atoms with Gasteiger partial charge in [0.05, 0.1) is 25.0 Å². The van der Waals surface area contributed by atoms with Gasteiger partial charge in [-0.25, -0.2) is 0 Å². The molecule has 1 aliphatic heterocycles. The Bertz CT molecular complexity index is 666. The number of fused-ring (bicyclic) bond motifs is 1. The maximum absolute atomic E-state index is 12.3. The Hall–Kier alpha value is -1.66. The second-order valence-electron chi connectivity index (χ2n) is 9.15. The molecule has 2 N–H and O–H groups in total. The normalized spacial score (nSPS) is 37.9. The highest BCUT2D eigenvalue weighted by molar-refractivity contribution is 5.71. The quantitative estimate of drug-likeness (QED) is 0.659. The van der Waals surface area contributed by atoms with E-state index in [1.165, 1.54) is 5.57 Å². The molecule has 1 saturated heterocycles. The predicted octanol–water partition coefficient (Wildman–Crippen LogP) is 2.92. The van der Waals surface area contributed by atoms with Gasteiger partial charge in [0.1, 0.15) is 12.2 Å². The second-order valence-corrected chi connectivity index (χ2v) is 9.15. The summed E-state index contributed by atoms with van der Waals surface area (Å²) in [6, 6.07) is 0. The van der Waals surface area contributed by atoms with Crippen LogP contribution in [0.1, 0.15) is 59.3 Å². The van der Waals surface area contributed by atoms with Crippen LogP contribution in [0.4, 0.5) is 0 Å². The Morgan fingerprint density at radius 3 is 2.76 bits per heavy atom. The van der Waals surface area contributed by atoms with Gasteiger partial charge < -0.3 is 19.7 Å². The minimum absolute atomic E-state index is 0.00260. The molecule has 29 heavy (non-hydrogen) atoms. The predicted molar refractivity (Wildman–Crippen MR) is 108 cm³/mol. The zero-order valence-corrected chi connectivity index (χ0v) is 17.6. The van der Waals surface area contributed by atoms with Crippen molar-refractivity contribution < 1.29 is 29.3 Å². The second kappa shape index (κ2) is 9.43. The molecule has 3 aliphatic rings. The largest absolute Gasteiger partial charge is 0.462 e. The number of esters is 2. The number of cyclic esters (lactones) is 1. The van der Waals surface area contributed by atoms with E-state index in [0.29, 0.717) is 24.7 Å². The van der Waals surface area contributed by atoms with Crippen LogP contribution in [0, 0.1) is 23.7 Å². The number of aliphatic hydroxyl groups excluding tert-OH is 2. The first-order chi connectivity index (χ1) is 13.7. The van der Waals surface area contributed by atoms with E-state index in [0.717, 1.165) is 12.8 Å². The lowest BCUT2D eigenvalue weighted by Gasteiger charge is -2.43. The number of carbonyl (C=O) groups excluding carboxylic acids is 2. The Balaban J connectivity index is 1.72. The summed E-state index contributed by atoms with van der Waals surface area (Å²) in [7, 11) is 0. The van der Waals surface area contributed by atoms with Crippen molar-refractivity contribution in [2.45, 2.75) is 83.7 Å². The van der Waals surface area contributed by atoms with E-state index in [1.54, 1.807) is 6.92 Å². The molecular weight excluding hydrogens is 372 g/mol. The summed E-state index contributed by atoms with van der Waals surface area (Å²) in [6.45, 7) is 5.89. The minimum atomic E-state index is -0.716. The molecule has 8 atom stereocenters. The lowest BCUT2D eigenvalue weighted by atomic mass is 9.65. The van der Waals surface area contributed by atoms with E-state index < -0.39 is 12.2 Å². The van der Waals surface area contributed by atoms with Crippen molar-refractivity contribution in [1.29, 1.82) is 0 Å². The number of hydrogen-bond donors (Lipinski definition) is 2. The molecule has 0 aromatic heterocycles. The van der Waals surface area contributed by atoms with Gasteiger partial charge >= 0.3 is 11.9 Å². The van der Waals surface area contributed by atoms with Gasteiger partial charge in [-0.05, 0) is 49.5 Å². The van der Waals surface area contributed by atoms with Crippen LogP contribution < -0.4 is 0 Å². The molecular formula is C23H34O6. The lowest BCUT2D eigenvalue weighted by molar-refractivity contribution is -0.162. The summed E-state index contributed by atoms with van der Waals surface area (Å²) >= 11 is 0. The van der Waals surface area contributed by atoms with Gasteiger partial charge in [0, 0.05) is 12.3 Å². The van der Waals surface area contributed by atoms with Crippen LogP contribution in [0.5, 0.6) is 0 Å². The highest BCUT2D eigenvalue weighted by Crippen LogP contribution is 2.45. The molecule has 162 valence electrons. The SMILES string of the molecule is C[C@@H]1C=CC2=C[C@H](C)C[C@H](OC(=O)C[C@@H](C)O)[C@@H]2[C@H]1CC[C@@H]1C[C@@H](O)CC(=O)O1. The van der Waals surface area contributed by atoms with Gasteiger partial charge in [-0.3, -0.25) is 9.59 Å². The third kappa shape index (κ3) is 5.70. The topological polar surface area (TPSA) is 93.1 Å². The average Bonchev–Trinajstić information content (AvgIpc) is 2.59. The van der Waals surface area contributed by atoms with Crippen LogP contribution in [-0.2, 0) is 19.1 Å². The number of hydrogen-bond acceptors (Lipinski definition) is 6. The third-order valence-electron chi connectivity index (χ3n) is 6.40. The summed E-state index contributed by atoms with van der Waals surface area (Å²) in [5.74, 6) is 0.312. The fraction of sp³-hybridized carbons (Fsp3) is 0.739. The number of allylic oxidation sites excluding steroid dienone is 3. The Kier molecular flexibility index (Phi) is 7.17. The van der Waals surface area contributed by atoms with Crippen LogP contribution in [0.15, 0.2) is 23.8 Å². The molecule has 3 rings (SSSR count). The monoisotopic (exact) mass is 406 g/mol. The van der Waals surface area contributed by atoms with Gasteiger partial charge in [0.2, 0.25) is 0 Å². The molecule has 0 aromatic rings. The van der Waals surface area contributed by atoms with Crippen molar-refractivity contribution in [1.82, 2.24) is 0 Å². The Morgan fingerprint density at radius 1 is 1.31 bits per heavy atom. The Labute approximate surface area is 173 Å². The number of carbonyl (C=O) groups is 2. The lowest BCUT2D eigenvalue weighted by Crippen LogP contribution is -2.41. The van der Waals surface area contributed by atoms with Gasteiger partial charge in [-0.2, -0.15) is 0 Å². The molecule has 1 fully saturated rings. The number of ether oxygens (including phenoxy) is 2. The number of rotatable bonds is 6. The minimum Gasteiger partial charge on any atom is -0.462 e. The molecule has 1 heterocycles. The Morgan fingerprint density at radius 2 is 2.07 bits per heavy atom. The van der Waals surface area contributed by atoms with E-state index in [1.807, 2.05) is 0 Å². The third-order valence-corrected chi connectivity index (χ3v) is 6.40. The van der Waals surface area contributed by atoms with E-state index in [4.69, 9.17) is 9.47 Å². The van der Waals surface area contributed by atoms with Gasteiger partial charge in [-0.15, -0.1) is 0 Å². The van der Waals surface area contributed by atoms with Crippen molar-refractivity contribution in [3.63, 3.8) is 0 Å². The molecule has 2 aliphatic carbocycles. The van der Waals surface area contributed by atoms with Crippen LogP contribution in [-0.4, -0.2) is 46.6 Å². The summed E-state index contributed by atoms with van der Waals surface area (Å²) in [5.41, 5.74) is 1.21. The zero-order chi connectivity index (χ0) is 21.1. The van der Waals surface area contributed by atoms with E-state index >= 15 is 0 Å². The maximum Gasteiger partial charge on any atom is 0.308 e. The van der Waals surface area contributed by atoms with Crippen LogP contribution in [0.2, 0.25) is 0 Å². The fourth-order valence-corrected chi connectivity index (χ4v) is 5.10. The average molecular weight is 407 g/mol. The molecule has 0 saturated carbocycles. The smallest absolute Gasteiger partial charge is 0.308 e. The fourth-order valence-electron chi connectivity index (χ4n) is 5.10. The van der Waals surface area contributed by atoms with Crippen molar-refractivity contribution in [2.75, 3.05) is 0 Å². The number of aliphatic hydroxyl groups is 2. The van der Waals surface area contributed by atoms with Crippen LogP contribution >= 0.6 is 0 Å². The highest BCUT2D eigenvalue weighted by Gasteiger charge is 2.42. The van der Waals surface area contributed by atoms with Gasteiger partial charge in [-0.1, -0.05) is 32.1 Å². The first-order valence-electron chi connectivity index (χ1n) is 10.9. The van der Waals surface area contributed by atoms with Gasteiger partial charge in [0.25, 0.3) is 0 Å². The molecule has 0 aromatic carbocycles. The molecule has 0 amide bonds. The summed E-state index contributed by atoms with van der Waals surface area (Å²) in [5, 5.41) is 19.4. The van der Waals surface area contributed by atoms with Crippen molar-refractivity contribution in [3.8, 4) is 0 Å². The zero-order valence-electron chi connectivity index (χ0n) is 17.6. The van der Waals surface area contributed by atoms with Crippen LogP contribution in [0.3, 0.4) is 0 Å². The molecule has 6 nitrogen and oxygen atoms in total.